The number of carboxylic acid groups (broad SMARTS) is 1. The van der Waals surface area contributed by atoms with E-state index in [0.29, 0.717) is 10.8 Å². The summed E-state index contributed by atoms with van der Waals surface area (Å²) < 4.78 is 0. The number of nitrogen functional groups attached to an aromatic ring is 1. The van der Waals surface area contributed by atoms with Gasteiger partial charge in [0, 0.05) is 11.8 Å². The SMILES string of the molecule is NC(=O)CC[C@H](NC(=O)Cc1csc(N)n1)C(=O)O. The predicted octanol–water partition coefficient (Wildman–Crippen LogP) is -0.897. The van der Waals surface area contributed by atoms with Gasteiger partial charge >= 0.3 is 5.97 Å². The van der Waals surface area contributed by atoms with E-state index in [4.69, 9.17) is 16.6 Å². The van der Waals surface area contributed by atoms with Gasteiger partial charge in [0.15, 0.2) is 5.13 Å². The maximum atomic E-state index is 11.6. The molecule has 0 unspecified atom stereocenters. The van der Waals surface area contributed by atoms with E-state index in [1.807, 2.05) is 0 Å². The van der Waals surface area contributed by atoms with Crippen LogP contribution in [-0.2, 0) is 20.8 Å². The number of hydrogen-bond donors (Lipinski definition) is 4. The van der Waals surface area contributed by atoms with Crippen molar-refractivity contribution >= 4 is 34.3 Å². The van der Waals surface area contributed by atoms with Crippen LogP contribution >= 0.6 is 11.3 Å². The lowest BCUT2D eigenvalue weighted by molar-refractivity contribution is -0.142. The molecule has 1 heterocycles. The number of hydrogen-bond acceptors (Lipinski definition) is 6. The Kier molecular flexibility index (Phi) is 5.24. The smallest absolute Gasteiger partial charge is 0.326 e. The Labute approximate surface area is 112 Å². The summed E-state index contributed by atoms with van der Waals surface area (Å²) in [6.45, 7) is 0. The molecule has 0 saturated carbocycles. The van der Waals surface area contributed by atoms with E-state index in [2.05, 4.69) is 10.3 Å². The second kappa shape index (κ2) is 6.69. The lowest BCUT2D eigenvalue weighted by Crippen LogP contribution is -2.42. The van der Waals surface area contributed by atoms with Gasteiger partial charge in [0.05, 0.1) is 12.1 Å². The summed E-state index contributed by atoms with van der Waals surface area (Å²) in [6.07, 6.45) is -0.218. The third kappa shape index (κ3) is 5.34. The van der Waals surface area contributed by atoms with E-state index < -0.39 is 23.8 Å². The summed E-state index contributed by atoms with van der Waals surface area (Å²) in [4.78, 5) is 37.0. The number of aromatic nitrogens is 1. The number of rotatable bonds is 7. The Morgan fingerprint density at radius 2 is 2.16 bits per heavy atom. The summed E-state index contributed by atoms with van der Waals surface area (Å²) in [7, 11) is 0. The molecule has 0 saturated heterocycles. The van der Waals surface area contributed by atoms with Gasteiger partial charge in [-0.25, -0.2) is 9.78 Å². The van der Waals surface area contributed by atoms with Crippen molar-refractivity contribution in [3.8, 4) is 0 Å². The van der Waals surface area contributed by atoms with Crippen LogP contribution in [0.2, 0.25) is 0 Å². The van der Waals surface area contributed by atoms with Crippen molar-refractivity contribution in [3.05, 3.63) is 11.1 Å². The number of carbonyl (C=O) groups excluding carboxylic acids is 2. The number of nitrogens with two attached hydrogens (primary N) is 2. The van der Waals surface area contributed by atoms with E-state index in [1.165, 1.54) is 11.3 Å². The molecule has 9 heteroatoms. The second-order valence-electron chi connectivity index (χ2n) is 3.82. The largest absolute Gasteiger partial charge is 0.480 e. The maximum Gasteiger partial charge on any atom is 0.326 e. The number of amides is 2. The fraction of sp³-hybridized carbons (Fsp3) is 0.400. The van der Waals surface area contributed by atoms with Crippen LogP contribution in [0.3, 0.4) is 0 Å². The first-order valence-corrected chi connectivity index (χ1v) is 6.26. The minimum Gasteiger partial charge on any atom is -0.480 e. The first-order chi connectivity index (χ1) is 8.88. The van der Waals surface area contributed by atoms with E-state index in [9.17, 15) is 14.4 Å². The van der Waals surface area contributed by atoms with Crippen LogP contribution in [0.15, 0.2) is 5.38 Å². The highest BCUT2D eigenvalue weighted by molar-refractivity contribution is 7.13. The number of aliphatic carboxylic acids is 1. The van der Waals surface area contributed by atoms with E-state index >= 15 is 0 Å². The molecular weight excluding hydrogens is 272 g/mol. The fourth-order valence-electron chi connectivity index (χ4n) is 1.36. The zero-order chi connectivity index (χ0) is 14.4. The van der Waals surface area contributed by atoms with Crippen molar-refractivity contribution in [2.45, 2.75) is 25.3 Å². The van der Waals surface area contributed by atoms with Gasteiger partial charge in [0.1, 0.15) is 6.04 Å². The number of carbonyl (C=O) groups is 3. The van der Waals surface area contributed by atoms with Crippen molar-refractivity contribution in [1.29, 1.82) is 0 Å². The fourth-order valence-corrected chi connectivity index (χ4v) is 1.92. The standard InChI is InChI=1S/C10H14N4O4S/c11-7(15)2-1-6(9(17)18)14-8(16)3-5-4-19-10(12)13-5/h4,6H,1-3H2,(H2,11,15)(H2,12,13)(H,14,16)(H,17,18)/t6-/m0/s1. The van der Waals surface area contributed by atoms with Crippen LogP contribution in [0, 0.1) is 0 Å². The van der Waals surface area contributed by atoms with Gasteiger partial charge in [-0.05, 0) is 6.42 Å². The van der Waals surface area contributed by atoms with Crippen LogP contribution in [0.4, 0.5) is 5.13 Å². The minimum atomic E-state index is -1.22. The maximum absolute atomic E-state index is 11.6. The van der Waals surface area contributed by atoms with Crippen molar-refractivity contribution in [1.82, 2.24) is 10.3 Å². The normalized spacial score (nSPS) is 11.8. The molecule has 1 aromatic rings. The molecule has 1 rings (SSSR count). The molecule has 0 aliphatic rings. The Morgan fingerprint density at radius 1 is 1.47 bits per heavy atom. The van der Waals surface area contributed by atoms with Gasteiger partial charge in [-0.15, -0.1) is 11.3 Å². The number of nitrogens with one attached hydrogen (secondary N) is 1. The number of nitrogens with zero attached hydrogens (tertiary/aromatic N) is 1. The molecule has 19 heavy (non-hydrogen) atoms. The Balaban J connectivity index is 2.51. The number of carboxylic acids is 1. The van der Waals surface area contributed by atoms with Crippen molar-refractivity contribution < 1.29 is 19.5 Å². The molecule has 0 bridgehead atoms. The van der Waals surface area contributed by atoms with Crippen LogP contribution in [0.25, 0.3) is 0 Å². The molecule has 1 atom stereocenters. The van der Waals surface area contributed by atoms with Crippen molar-refractivity contribution in [2.75, 3.05) is 5.73 Å². The molecule has 0 aliphatic carbocycles. The molecule has 0 aromatic carbocycles. The van der Waals surface area contributed by atoms with E-state index in [1.54, 1.807) is 5.38 Å². The van der Waals surface area contributed by atoms with Gasteiger partial charge < -0.3 is 21.9 Å². The highest BCUT2D eigenvalue weighted by Crippen LogP contribution is 2.11. The van der Waals surface area contributed by atoms with Crippen LogP contribution < -0.4 is 16.8 Å². The van der Waals surface area contributed by atoms with Crippen molar-refractivity contribution in [2.24, 2.45) is 5.73 Å². The lowest BCUT2D eigenvalue weighted by Gasteiger charge is -2.13. The average Bonchev–Trinajstić information content (AvgIpc) is 2.69. The molecule has 1 aromatic heterocycles. The van der Waals surface area contributed by atoms with Gasteiger partial charge in [-0.1, -0.05) is 0 Å². The van der Waals surface area contributed by atoms with Crippen LogP contribution in [0.5, 0.6) is 0 Å². The highest BCUT2D eigenvalue weighted by Gasteiger charge is 2.20. The summed E-state index contributed by atoms with van der Waals surface area (Å²) >= 11 is 1.19. The van der Waals surface area contributed by atoms with Gasteiger partial charge in [0.25, 0.3) is 0 Å². The average molecular weight is 286 g/mol. The minimum absolute atomic E-state index is 0.0460. The van der Waals surface area contributed by atoms with Gasteiger partial charge in [0.2, 0.25) is 11.8 Å². The first-order valence-electron chi connectivity index (χ1n) is 5.39. The quantitative estimate of drug-likeness (QED) is 0.510. The Morgan fingerprint density at radius 3 is 2.63 bits per heavy atom. The van der Waals surface area contributed by atoms with E-state index in [0.717, 1.165) is 0 Å². The Bertz CT molecular complexity index is 488. The number of thiazole rings is 1. The second-order valence-corrected chi connectivity index (χ2v) is 4.71. The monoisotopic (exact) mass is 286 g/mol. The predicted molar refractivity (Wildman–Crippen MR) is 68.2 cm³/mol. The van der Waals surface area contributed by atoms with Gasteiger partial charge in [-0.3, -0.25) is 9.59 Å². The summed E-state index contributed by atoms with van der Waals surface area (Å²) in [5, 5.41) is 13.2. The third-order valence-corrected chi connectivity index (χ3v) is 2.95. The van der Waals surface area contributed by atoms with Crippen molar-refractivity contribution in [3.63, 3.8) is 0 Å². The highest BCUT2D eigenvalue weighted by atomic mass is 32.1. The number of primary amides is 1. The Hall–Kier alpha value is -2.16. The summed E-state index contributed by atoms with van der Waals surface area (Å²) in [6, 6.07) is -1.14. The molecule has 6 N–H and O–H groups in total. The lowest BCUT2D eigenvalue weighted by atomic mass is 10.1. The third-order valence-electron chi connectivity index (χ3n) is 2.22. The first kappa shape index (κ1) is 14.9. The van der Waals surface area contributed by atoms with Crippen LogP contribution in [-0.4, -0.2) is 33.9 Å². The molecule has 104 valence electrons. The molecule has 8 nitrogen and oxygen atoms in total. The molecular formula is C10H14N4O4S. The van der Waals surface area contributed by atoms with E-state index in [-0.39, 0.29) is 19.3 Å². The molecule has 0 aliphatic heterocycles. The molecule has 0 spiro atoms. The number of anilines is 1. The van der Waals surface area contributed by atoms with Crippen LogP contribution in [0.1, 0.15) is 18.5 Å². The zero-order valence-corrected chi connectivity index (χ0v) is 10.8. The molecule has 0 fully saturated rings. The zero-order valence-electron chi connectivity index (χ0n) is 9.96. The van der Waals surface area contributed by atoms with Gasteiger partial charge in [-0.2, -0.15) is 0 Å². The topological polar surface area (TPSA) is 148 Å². The molecule has 2 amide bonds. The molecule has 0 radical (unpaired) electrons. The summed E-state index contributed by atoms with van der Waals surface area (Å²) in [5.41, 5.74) is 10.8. The summed E-state index contributed by atoms with van der Waals surface area (Å²) in [5.74, 6) is -2.33.